The molecule has 1 fully saturated rings. The molecular formula is C13H23Cl2N3S. The van der Waals surface area contributed by atoms with Crippen LogP contribution < -0.4 is 5.32 Å². The number of aryl methyl sites for hydroxylation is 2. The molecular weight excluding hydrogens is 301 g/mol. The van der Waals surface area contributed by atoms with E-state index in [4.69, 9.17) is 4.98 Å². The summed E-state index contributed by atoms with van der Waals surface area (Å²) in [5.41, 5.74) is 1.41. The molecule has 0 atom stereocenters. The Labute approximate surface area is 132 Å². The van der Waals surface area contributed by atoms with Crippen LogP contribution in [0.15, 0.2) is 0 Å². The van der Waals surface area contributed by atoms with Crippen LogP contribution in [0, 0.1) is 0 Å². The van der Waals surface area contributed by atoms with Crippen molar-refractivity contribution in [3.63, 3.8) is 0 Å². The molecule has 19 heavy (non-hydrogen) atoms. The monoisotopic (exact) mass is 323 g/mol. The van der Waals surface area contributed by atoms with Gasteiger partial charge in [0.25, 0.3) is 0 Å². The van der Waals surface area contributed by atoms with Crippen molar-refractivity contribution >= 4 is 36.2 Å². The predicted octanol–water partition coefficient (Wildman–Crippen LogP) is 2.31. The van der Waals surface area contributed by atoms with Gasteiger partial charge in [0.15, 0.2) is 0 Å². The number of nitrogens with one attached hydrogen (secondary N) is 1. The van der Waals surface area contributed by atoms with Gasteiger partial charge in [-0.25, -0.2) is 4.98 Å². The Morgan fingerprint density at radius 3 is 2.58 bits per heavy atom. The maximum absolute atomic E-state index is 4.81. The van der Waals surface area contributed by atoms with E-state index < -0.39 is 0 Å². The fourth-order valence-electron chi connectivity index (χ4n) is 2.70. The fraction of sp³-hybridized carbons (Fsp3) is 0.769. The van der Waals surface area contributed by atoms with E-state index in [-0.39, 0.29) is 24.8 Å². The Balaban J connectivity index is 0.000000902. The maximum Gasteiger partial charge on any atom is 0.0943 e. The zero-order chi connectivity index (χ0) is 11.5. The third-order valence-corrected chi connectivity index (χ3v) is 4.96. The number of fused-ring (bicyclic) bond motifs is 1. The summed E-state index contributed by atoms with van der Waals surface area (Å²) in [6, 6.07) is 0. The van der Waals surface area contributed by atoms with E-state index in [9.17, 15) is 0 Å². The van der Waals surface area contributed by atoms with Gasteiger partial charge in [-0.2, -0.15) is 0 Å². The van der Waals surface area contributed by atoms with Gasteiger partial charge in [-0.1, -0.05) is 0 Å². The molecule has 3 rings (SSSR count). The number of hydrogen-bond acceptors (Lipinski definition) is 4. The Morgan fingerprint density at radius 1 is 1.11 bits per heavy atom. The second-order valence-electron chi connectivity index (χ2n) is 5.03. The molecule has 0 saturated carbocycles. The molecule has 1 N–H and O–H groups in total. The third-order valence-electron chi connectivity index (χ3n) is 3.74. The summed E-state index contributed by atoms with van der Waals surface area (Å²) in [5, 5.41) is 4.77. The molecule has 1 aromatic heterocycles. The van der Waals surface area contributed by atoms with Gasteiger partial charge >= 0.3 is 0 Å². The van der Waals surface area contributed by atoms with Crippen molar-refractivity contribution in [3.05, 3.63) is 15.6 Å². The molecule has 0 amide bonds. The second kappa shape index (κ2) is 8.42. The number of piperazine rings is 1. The van der Waals surface area contributed by atoms with E-state index in [0.717, 1.165) is 19.5 Å². The van der Waals surface area contributed by atoms with Crippen LogP contribution in [-0.2, 0) is 19.3 Å². The minimum Gasteiger partial charge on any atom is -0.314 e. The van der Waals surface area contributed by atoms with Crippen LogP contribution >= 0.6 is 36.2 Å². The highest BCUT2D eigenvalue weighted by molar-refractivity contribution is 7.11. The van der Waals surface area contributed by atoms with E-state index in [0.29, 0.717) is 0 Å². The normalized spacial score (nSPS) is 19.2. The number of aromatic nitrogens is 1. The average Bonchev–Trinajstić information content (AvgIpc) is 2.80. The highest BCUT2D eigenvalue weighted by Crippen LogP contribution is 2.26. The Kier molecular flexibility index (Phi) is 7.62. The van der Waals surface area contributed by atoms with Crippen molar-refractivity contribution in [2.24, 2.45) is 0 Å². The van der Waals surface area contributed by atoms with Crippen molar-refractivity contribution in [2.45, 2.75) is 32.1 Å². The van der Waals surface area contributed by atoms with E-state index in [1.807, 2.05) is 11.3 Å². The lowest BCUT2D eigenvalue weighted by atomic mass is 10.0. The van der Waals surface area contributed by atoms with Gasteiger partial charge in [0.1, 0.15) is 0 Å². The number of hydrogen-bond donors (Lipinski definition) is 1. The van der Waals surface area contributed by atoms with E-state index >= 15 is 0 Å². The molecule has 110 valence electrons. The molecule has 3 nitrogen and oxygen atoms in total. The smallest absolute Gasteiger partial charge is 0.0943 e. The Bertz CT molecular complexity index is 354. The Hall–Kier alpha value is 0.130. The summed E-state index contributed by atoms with van der Waals surface area (Å²) in [4.78, 5) is 8.94. The summed E-state index contributed by atoms with van der Waals surface area (Å²) in [7, 11) is 0. The summed E-state index contributed by atoms with van der Waals surface area (Å²) < 4.78 is 0. The fourth-order valence-corrected chi connectivity index (χ4v) is 3.85. The van der Waals surface area contributed by atoms with Gasteiger partial charge in [0.05, 0.1) is 10.7 Å². The number of halogens is 2. The minimum absolute atomic E-state index is 0. The molecule has 6 heteroatoms. The van der Waals surface area contributed by atoms with Gasteiger partial charge in [0, 0.05) is 44.0 Å². The highest BCUT2D eigenvalue weighted by Gasteiger charge is 2.16. The van der Waals surface area contributed by atoms with E-state index in [1.165, 1.54) is 56.0 Å². The Morgan fingerprint density at radius 2 is 1.84 bits per heavy atom. The first kappa shape index (κ1) is 17.2. The predicted molar refractivity (Wildman–Crippen MR) is 86.3 cm³/mol. The molecule has 1 saturated heterocycles. The zero-order valence-corrected chi connectivity index (χ0v) is 13.6. The zero-order valence-electron chi connectivity index (χ0n) is 11.2. The van der Waals surface area contributed by atoms with Gasteiger partial charge in [-0.05, 0) is 25.7 Å². The number of rotatable bonds is 3. The van der Waals surface area contributed by atoms with Gasteiger partial charge in [0.2, 0.25) is 0 Å². The summed E-state index contributed by atoms with van der Waals surface area (Å²) in [6.07, 6.45) is 6.36. The molecule has 2 heterocycles. The molecule has 0 spiro atoms. The first-order valence-electron chi connectivity index (χ1n) is 6.82. The standard InChI is InChI=1S/C13H21N3S.2ClH/c1-2-4-12-11(3-1)15-13(17-12)5-8-16-9-6-14-7-10-16;;/h14H,1-10H2;2*1H. The lowest BCUT2D eigenvalue weighted by molar-refractivity contribution is 0.244. The molecule has 2 aliphatic rings. The van der Waals surface area contributed by atoms with Crippen molar-refractivity contribution in [3.8, 4) is 0 Å². The summed E-state index contributed by atoms with van der Waals surface area (Å²) >= 11 is 1.97. The third kappa shape index (κ3) is 4.57. The molecule has 0 bridgehead atoms. The van der Waals surface area contributed by atoms with Crippen molar-refractivity contribution < 1.29 is 0 Å². The van der Waals surface area contributed by atoms with Crippen LogP contribution in [0.5, 0.6) is 0 Å². The molecule has 1 aliphatic heterocycles. The van der Waals surface area contributed by atoms with Crippen LogP contribution in [0.1, 0.15) is 28.4 Å². The lowest BCUT2D eigenvalue weighted by Crippen LogP contribution is -2.44. The van der Waals surface area contributed by atoms with Crippen LogP contribution in [0.25, 0.3) is 0 Å². The van der Waals surface area contributed by atoms with Gasteiger partial charge in [-0.15, -0.1) is 36.2 Å². The van der Waals surface area contributed by atoms with Crippen molar-refractivity contribution in [1.82, 2.24) is 15.2 Å². The average molecular weight is 324 g/mol. The van der Waals surface area contributed by atoms with E-state index in [1.54, 1.807) is 4.88 Å². The second-order valence-corrected chi connectivity index (χ2v) is 6.19. The first-order chi connectivity index (χ1) is 8.42. The largest absolute Gasteiger partial charge is 0.314 e. The molecule has 1 aromatic rings. The summed E-state index contributed by atoms with van der Waals surface area (Å²) in [6.45, 7) is 5.88. The highest BCUT2D eigenvalue weighted by atomic mass is 35.5. The maximum atomic E-state index is 4.81. The molecule has 1 aliphatic carbocycles. The molecule has 0 radical (unpaired) electrons. The minimum atomic E-state index is 0. The van der Waals surface area contributed by atoms with Crippen molar-refractivity contribution in [1.29, 1.82) is 0 Å². The van der Waals surface area contributed by atoms with Crippen molar-refractivity contribution in [2.75, 3.05) is 32.7 Å². The van der Waals surface area contributed by atoms with Crippen LogP contribution in [0.2, 0.25) is 0 Å². The van der Waals surface area contributed by atoms with Crippen LogP contribution in [0.4, 0.5) is 0 Å². The summed E-state index contributed by atoms with van der Waals surface area (Å²) in [5.74, 6) is 0. The van der Waals surface area contributed by atoms with Crippen LogP contribution in [0.3, 0.4) is 0 Å². The van der Waals surface area contributed by atoms with E-state index in [2.05, 4.69) is 10.2 Å². The topological polar surface area (TPSA) is 28.2 Å². The lowest BCUT2D eigenvalue weighted by Gasteiger charge is -2.26. The molecule has 0 aromatic carbocycles. The van der Waals surface area contributed by atoms with Gasteiger partial charge in [-0.3, -0.25) is 0 Å². The number of thiazole rings is 1. The first-order valence-corrected chi connectivity index (χ1v) is 7.64. The van der Waals surface area contributed by atoms with Gasteiger partial charge < -0.3 is 10.2 Å². The number of nitrogens with zero attached hydrogens (tertiary/aromatic N) is 2. The quantitative estimate of drug-likeness (QED) is 0.925. The SMILES string of the molecule is C1CCc2sc(CCN3CCNCC3)nc2C1.Cl.Cl. The molecule has 0 unspecified atom stereocenters. The van der Waals surface area contributed by atoms with Crippen LogP contribution in [-0.4, -0.2) is 42.6 Å².